The molecule has 0 bridgehead atoms. The van der Waals surface area contributed by atoms with Gasteiger partial charge < -0.3 is 4.18 Å². The van der Waals surface area contributed by atoms with Crippen molar-refractivity contribution in [3.05, 3.63) is 58.1 Å². The first-order valence-electron chi connectivity index (χ1n) is 5.45. The lowest BCUT2D eigenvalue weighted by molar-refractivity contribution is 0.470. The molecule has 3 nitrogen and oxygen atoms in total. The van der Waals surface area contributed by atoms with Crippen LogP contribution in [-0.2, 0) is 10.1 Å². The van der Waals surface area contributed by atoms with Crippen LogP contribution in [0.2, 0.25) is 0 Å². The molecule has 0 aliphatic carbocycles. The Bertz CT molecular complexity index is 743. The average molecular weight is 363 g/mol. The highest BCUT2D eigenvalue weighted by Gasteiger charge is 2.19. The third-order valence-corrected chi connectivity index (χ3v) is 4.35. The fourth-order valence-electron chi connectivity index (χ4n) is 1.44. The first-order valence-corrected chi connectivity index (χ1v) is 7.65. The van der Waals surface area contributed by atoms with Crippen LogP contribution >= 0.6 is 15.9 Å². The van der Waals surface area contributed by atoms with Gasteiger partial charge in [-0.1, -0.05) is 17.7 Å². The lowest BCUT2D eigenvalue weighted by Gasteiger charge is -2.09. The smallest absolute Gasteiger partial charge is 0.339 e. The van der Waals surface area contributed by atoms with Crippen LogP contribution in [-0.4, -0.2) is 8.42 Å². The Hall–Kier alpha value is -1.47. The third-order valence-electron chi connectivity index (χ3n) is 2.48. The highest BCUT2D eigenvalue weighted by atomic mass is 79.9. The summed E-state index contributed by atoms with van der Waals surface area (Å²) in [4.78, 5) is -0.0697. The molecule has 0 radical (unpaired) electrons. The predicted molar refractivity (Wildman–Crippen MR) is 73.1 cm³/mol. The summed E-state index contributed by atoms with van der Waals surface area (Å²) in [5, 5.41) is 0. The monoisotopic (exact) mass is 362 g/mol. The lowest BCUT2D eigenvalue weighted by atomic mass is 10.2. The van der Waals surface area contributed by atoms with E-state index in [2.05, 4.69) is 15.9 Å². The molecular formula is C13H9BrF2O3S. The Morgan fingerprint density at radius 1 is 1.05 bits per heavy atom. The summed E-state index contributed by atoms with van der Waals surface area (Å²) < 4.78 is 54.9. The zero-order valence-corrected chi connectivity index (χ0v) is 12.6. The molecule has 0 aliphatic heterocycles. The molecule has 106 valence electrons. The highest BCUT2D eigenvalue weighted by Crippen LogP contribution is 2.30. The molecule has 0 heterocycles. The summed E-state index contributed by atoms with van der Waals surface area (Å²) in [5.74, 6) is -2.61. The second kappa shape index (κ2) is 5.49. The van der Waals surface area contributed by atoms with Crippen molar-refractivity contribution >= 4 is 26.0 Å². The molecule has 0 atom stereocenters. The van der Waals surface area contributed by atoms with Crippen molar-refractivity contribution in [1.29, 1.82) is 0 Å². The molecule has 0 saturated carbocycles. The van der Waals surface area contributed by atoms with Gasteiger partial charge in [-0.2, -0.15) is 8.42 Å². The molecule has 0 amide bonds. The Balaban J connectivity index is 2.38. The van der Waals surface area contributed by atoms with Crippen LogP contribution in [0.5, 0.6) is 5.75 Å². The zero-order chi connectivity index (χ0) is 14.9. The van der Waals surface area contributed by atoms with E-state index >= 15 is 0 Å². The number of benzene rings is 2. The first-order chi connectivity index (χ1) is 9.29. The topological polar surface area (TPSA) is 43.4 Å². The summed E-state index contributed by atoms with van der Waals surface area (Å²) in [6.07, 6.45) is 0. The quantitative estimate of drug-likeness (QED) is 0.616. The minimum Gasteiger partial charge on any atom is -0.378 e. The van der Waals surface area contributed by atoms with E-state index in [1.165, 1.54) is 12.1 Å². The Morgan fingerprint density at radius 2 is 1.60 bits per heavy atom. The number of halogens is 3. The van der Waals surface area contributed by atoms with Gasteiger partial charge in [-0.05, 0) is 41.1 Å². The van der Waals surface area contributed by atoms with Crippen LogP contribution < -0.4 is 4.18 Å². The van der Waals surface area contributed by atoms with Crippen molar-refractivity contribution in [3.63, 3.8) is 0 Å². The highest BCUT2D eigenvalue weighted by molar-refractivity contribution is 9.10. The van der Waals surface area contributed by atoms with E-state index in [1.54, 1.807) is 12.1 Å². The lowest BCUT2D eigenvalue weighted by Crippen LogP contribution is -2.10. The molecule has 0 saturated heterocycles. The molecule has 0 aliphatic rings. The maximum absolute atomic E-state index is 13.1. The SMILES string of the molecule is Cc1ccc(S(=O)(=O)Oc2cc(F)c(F)cc2Br)cc1. The van der Waals surface area contributed by atoms with Gasteiger partial charge in [0, 0.05) is 6.07 Å². The molecule has 0 N–H and O–H groups in total. The van der Waals surface area contributed by atoms with Gasteiger partial charge in [0.2, 0.25) is 0 Å². The summed E-state index contributed by atoms with van der Waals surface area (Å²) in [6.45, 7) is 1.81. The maximum atomic E-state index is 13.1. The number of aryl methyl sites for hydroxylation is 1. The second-order valence-electron chi connectivity index (χ2n) is 4.05. The average Bonchev–Trinajstić information content (AvgIpc) is 2.36. The van der Waals surface area contributed by atoms with Gasteiger partial charge in [0.15, 0.2) is 17.4 Å². The van der Waals surface area contributed by atoms with Crippen molar-refractivity contribution in [1.82, 2.24) is 0 Å². The maximum Gasteiger partial charge on any atom is 0.339 e. The summed E-state index contributed by atoms with van der Waals surface area (Å²) >= 11 is 2.92. The number of hydrogen-bond donors (Lipinski definition) is 0. The van der Waals surface area contributed by atoms with Crippen molar-refractivity contribution in [2.45, 2.75) is 11.8 Å². The van der Waals surface area contributed by atoms with Gasteiger partial charge in [-0.25, -0.2) is 8.78 Å². The van der Waals surface area contributed by atoms with Gasteiger partial charge in [-0.15, -0.1) is 0 Å². The molecule has 20 heavy (non-hydrogen) atoms. The van der Waals surface area contributed by atoms with E-state index in [1.807, 2.05) is 6.92 Å². The van der Waals surface area contributed by atoms with Crippen molar-refractivity contribution in [2.24, 2.45) is 0 Å². The number of hydrogen-bond acceptors (Lipinski definition) is 3. The van der Waals surface area contributed by atoms with E-state index in [9.17, 15) is 17.2 Å². The standard InChI is InChI=1S/C13H9BrF2O3S/c1-8-2-4-9(5-3-8)20(17,18)19-13-7-12(16)11(15)6-10(13)14/h2-7H,1H3. The van der Waals surface area contributed by atoms with Crippen LogP contribution in [0.4, 0.5) is 8.78 Å². The van der Waals surface area contributed by atoms with E-state index in [4.69, 9.17) is 4.18 Å². The summed E-state index contributed by atoms with van der Waals surface area (Å²) in [6, 6.07) is 7.43. The fraction of sp³-hybridized carbons (Fsp3) is 0.0769. The predicted octanol–water partition coefficient (Wildman–Crippen LogP) is 3.80. The molecule has 2 rings (SSSR count). The molecule has 2 aromatic rings. The summed E-state index contributed by atoms with van der Waals surface area (Å²) in [5.41, 5.74) is 0.887. The molecule has 2 aromatic carbocycles. The van der Waals surface area contributed by atoms with E-state index in [0.717, 1.165) is 11.6 Å². The number of rotatable bonds is 3. The van der Waals surface area contributed by atoms with Gasteiger partial charge in [-0.3, -0.25) is 0 Å². The Morgan fingerprint density at radius 3 is 2.20 bits per heavy atom. The van der Waals surface area contributed by atoms with Crippen molar-refractivity contribution in [3.8, 4) is 5.75 Å². The van der Waals surface area contributed by atoms with Gasteiger partial charge in [0.05, 0.1) is 4.47 Å². The molecule has 0 fully saturated rings. The molecule has 0 spiro atoms. The van der Waals surface area contributed by atoms with Crippen LogP contribution in [0.25, 0.3) is 0 Å². The van der Waals surface area contributed by atoms with E-state index in [0.29, 0.717) is 6.07 Å². The molecule has 7 heteroatoms. The minimum absolute atomic E-state index is 0.00656. The van der Waals surface area contributed by atoms with E-state index < -0.39 is 21.8 Å². The third kappa shape index (κ3) is 3.16. The Labute approximate surface area is 123 Å². The molecule has 0 unspecified atom stereocenters. The zero-order valence-electron chi connectivity index (χ0n) is 10.2. The second-order valence-corrected chi connectivity index (χ2v) is 6.45. The fourth-order valence-corrected chi connectivity index (χ4v) is 2.88. The molecule has 0 aromatic heterocycles. The van der Waals surface area contributed by atoms with Crippen LogP contribution in [0.15, 0.2) is 45.8 Å². The van der Waals surface area contributed by atoms with Crippen molar-refractivity contribution in [2.75, 3.05) is 0 Å². The normalized spacial score (nSPS) is 11.4. The van der Waals surface area contributed by atoms with Gasteiger partial charge in [0.25, 0.3) is 0 Å². The van der Waals surface area contributed by atoms with Crippen LogP contribution in [0.3, 0.4) is 0 Å². The minimum atomic E-state index is -4.10. The van der Waals surface area contributed by atoms with Gasteiger partial charge >= 0.3 is 10.1 Å². The van der Waals surface area contributed by atoms with E-state index in [-0.39, 0.29) is 15.1 Å². The largest absolute Gasteiger partial charge is 0.378 e. The van der Waals surface area contributed by atoms with Crippen molar-refractivity contribution < 1.29 is 21.4 Å². The molecular weight excluding hydrogens is 354 g/mol. The summed E-state index contributed by atoms with van der Waals surface area (Å²) in [7, 11) is -4.10. The Kier molecular flexibility index (Phi) is 4.10. The van der Waals surface area contributed by atoms with Crippen LogP contribution in [0, 0.1) is 18.6 Å². The van der Waals surface area contributed by atoms with Crippen LogP contribution in [0.1, 0.15) is 5.56 Å². The first kappa shape index (κ1) is 14.9. The van der Waals surface area contributed by atoms with Gasteiger partial charge in [0.1, 0.15) is 4.90 Å².